The van der Waals surface area contributed by atoms with E-state index in [2.05, 4.69) is 8.85 Å². The maximum absolute atomic E-state index is 13.1. The Kier molecular flexibility index (Phi) is 5.38. The van der Waals surface area contributed by atoms with Crippen LogP contribution in [0.3, 0.4) is 0 Å². The van der Waals surface area contributed by atoms with Crippen LogP contribution < -0.4 is 0 Å². The number of alkyl halides is 11. The third kappa shape index (κ3) is 4.68. The predicted octanol–water partition coefficient (Wildman–Crippen LogP) is 3.01. The number of hydrogen-bond donors (Lipinski definition) is 0. The first-order valence-corrected chi connectivity index (χ1v) is 7.12. The largest absolute Gasteiger partial charge is 0.546 e. The van der Waals surface area contributed by atoms with Crippen molar-refractivity contribution in [2.24, 2.45) is 0 Å². The highest BCUT2D eigenvalue weighted by atomic mass is 28.4. The van der Waals surface area contributed by atoms with Gasteiger partial charge in [0.2, 0.25) is 0 Å². The Balaban J connectivity index is 5.91. The van der Waals surface area contributed by atoms with Gasteiger partial charge in [0.1, 0.15) is 0 Å². The van der Waals surface area contributed by atoms with Gasteiger partial charge < -0.3 is 8.85 Å². The van der Waals surface area contributed by atoms with Crippen molar-refractivity contribution in [2.75, 3.05) is 0 Å². The Morgan fingerprint density at radius 1 is 0.696 bits per heavy atom. The summed E-state index contributed by atoms with van der Waals surface area (Å²) in [5, 5.41) is 0. The van der Waals surface area contributed by atoms with E-state index in [0.717, 1.165) is 0 Å². The normalized spacial score (nSPS) is 14.4. The van der Waals surface area contributed by atoms with Gasteiger partial charge in [0.05, 0.1) is 0 Å². The minimum Gasteiger partial charge on any atom is -0.475 e. The van der Waals surface area contributed by atoms with Crippen LogP contribution >= 0.6 is 0 Å². The average Bonchev–Trinajstić information content (AvgIpc) is 2.23. The van der Waals surface area contributed by atoms with Crippen molar-refractivity contribution >= 4 is 20.5 Å². The summed E-state index contributed by atoms with van der Waals surface area (Å²) in [5.74, 6) is -7.35. The fraction of sp³-hybridized carbons (Fsp3) is 0.714. The molecule has 0 radical (unpaired) electrons. The molecule has 23 heavy (non-hydrogen) atoms. The summed E-state index contributed by atoms with van der Waals surface area (Å²) in [7, 11) is -7.06. The van der Waals surface area contributed by atoms with Crippen molar-refractivity contribution in [3.05, 3.63) is 0 Å². The molecular formula is C7H3F11O4Si. The van der Waals surface area contributed by atoms with Gasteiger partial charge in [0, 0.05) is 6.55 Å². The van der Waals surface area contributed by atoms with Crippen molar-refractivity contribution in [1.82, 2.24) is 0 Å². The zero-order chi connectivity index (χ0) is 19.1. The molecule has 0 fully saturated rings. The van der Waals surface area contributed by atoms with Crippen LogP contribution in [0, 0.1) is 0 Å². The van der Waals surface area contributed by atoms with Crippen molar-refractivity contribution in [3.8, 4) is 0 Å². The molecule has 0 atom stereocenters. The van der Waals surface area contributed by atoms with E-state index in [-0.39, 0.29) is 0 Å². The molecule has 0 aromatic rings. The lowest BCUT2D eigenvalue weighted by Crippen LogP contribution is -2.66. The minimum atomic E-state index is -7.06. The topological polar surface area (TPSA) is 52.6 Å². The first-order chi connectivity index (χ1) is 9.76. The van der Waals surface area contributed by atoms with Crippen molar-refractivity contribution in [3.63, 3.8) is 0 Å². The van der Waals surface area contributed by atoms with Crippen LogP contribution in [-0.2, 0) is 18.4 Å². The molecule has 0 spiro atoms. The number of rotatable bonds is 3. The molecule has 4 nitrogen and oxygen atoms in total. The summed E-state index contributed by atoms with van der Waals surface area (Å²) in [6.45, 7) is -0.645. The van der Waals surface area contributed by atoms with Crippen LogP contribution in [-0.4, -0.2) is 44.6 Å². The molecule has 0 aromatic carbocycles. The van der Waals surface area contributed by atoms with Gasteiger partial charge in [-0.3, -0.25) is 0 Å². The van der Waals surface area contributed by atoms with E-state index >= 15 is 0 Å². The standard InChI is InChI=1S/C7H3F11O4Si/c1-23(7(17,18)6(14,15)16,21-2(19)4(8,9)10)22-3(20)5(11,12)13/h1H3. The van der Waals surface area contributed by atoms with E-state index in [1.54, 1.807) is 0 Å². The second kappa shape index (κ2) is 5.79. The van der Waals surface area contributed by atoms with Gasteiger partial charge in [-0.15, -0.1) is 0 Å². The molecule has 0 unspecified atom stereocenters. The Morgan fingerprint density at radius 3 is 1.13 bits per heavy atom. The summed E-state index contributed by atoms with van der Waals surface area (Å²) in [6.07, 6.45) is -19.0. The van der Waals surface area contributed by atoms with Crippen LogP contribution in [0.25, 0.3) is 0 Å². The highest BCUT2D eigenvalue weighted by Crippen LogP contribution is 2.44. The summed E-state index contributed by atoms with van der Waals surface area (Å²) >= 11 is 0. The smallest absolute Gasteiger partial charge is 0.475 e. The molecule has 0 N–H and O–H groups in total. The zero-order valence-electron chi connectivity index (χ0n) is 10.3. The third-order valence-electron chi connectivity index (χ3n) is 1.96. The molecule has 0 aliphatic heterocycles. The highest BCUT2D eigenvalue weighted by Gasteiger charge is 2.78. The second-order valence-corrected chi connectivity index (χ2v) is 6.72. The molecule has 0 aromatic heterocycles. The van der Waals surface area contributed by atoms with Crippen LogP contribution in [0.1, 0.15) is 0 Å². The monoisotopic (exact) mass is 388 g/mol. The van der Waals surface area contributed by atoms with Crippen LogP contribution in [0.4, 0.5) is 48.3 Å². The van der Waals surface area contributed by atoms with Gasteiger partial charge >= 0.3 is 44.6 Å². The van der Waals surface area contributed by atoms with Crippen molar-refractivity contribution in [1.29, 1.82) is 0 Å². The number of carbonyl (C=O) groups is 2. The maximum Gasteiger partial charge on any atom is 0.546 e. The average molecular weight is 388 g/mol. The molecule has 0 heterocycles. The van der Waals surface area contributed by atoms with Crippen molar-refractivity contribution < 1.29 is 66.7 Å². The Hall–Kier alpha value is -1.61. The third-order valence-corrected chi connectivity index (χ3v) is 4.54. The number of halogens is 11. The maximum atomic E-state index is 13.1. The quantitative estimate of drug-likeness (QED) is 0.551. The van der Waals surface area contributed by atoms with E-state index in [9.17, 15) is 57.9 Å². The van der Waals surface area contributed by atoms with Crippen molar-refractivity contribution in [2.45, 2.75) is 30.6 Å². The van der Waals surface area contributed by atoms with Gasteiger partial charge in [0.25, 0.3) is 0 Å². The van der Waals surface area contributed by atoms with E-state index in [0.29, 0.717) is 0 Å². The van der Waals surface area contributed by atoms with E-state index < -0.39 is 51.1 Å². The van der Waals surface area contributed by atoms with Gasteiger partial charge in [-0.1, -0.05) is 0 Å². The summed E-state index contributed by atoms with van der Waals surface area (Å²) < 4.78 is 140. The fourth-order valence-electron chi connectivity index (χ4n) is 0.876. The zero-order valence-corrected chi connectivity index (χ0v) is 11.3. The summed E-state index contributed by atoms with van der Waals surface area (Å²) in [4.78, 5) is 20.8. The SMILES string of the molecule is C[Si](OC(=O)C(F)(F)F)(OC(=O)C(F)(F)F)C(F)(F)C(F)(F)F. The van der Waals surface area contributed by atoms with Gasteiger partial charge in [0.15, 0.2) is 0 Å². The van der Waals surface area contributed by atoms with Gasteiger partial charge in [-0.05, 0) is 0 Å². The van der Waals surface area contributed by atoms with E-state index in [4.69, 9.17) is 0 Å². The predicted molar refractivity (Wildman–Crippen MR) is 46.9 cm³/mol. The number of carbonyl (C=O) groups excluding carboxylic acids is 2. The Labute approximate surface area is 119 Å². The fourth-order valence-corrected chi connectivity index (χ4v) is 2.63. The summed E-state index contributed by atoms with van der Waals surface area (Å²) in [5.41, 5.74) is -6.46. The molecular weight excluding hydrogens is 385 g/mol. The summed E-state index contributed by atoms with van der Waals surface area (Å²) in [6, 6.07) is 0. The molecule has 0 bridgehead atoms. The number of hydrogen-bond acceptors (Lipinski definition) is 4. The molecule has 0 aliphatic carbocycles. The lowest BCUT2D eigenvalue weighted by molar-refractivity contribution is -0.262. The van der Waals surface area contributed by atoms with Crippen LogP contribution in [0.15, 0.2) is 0 Å². The van der Waals surface area contributed by atoms with E-state index in [1.807, 2.05) is 0 Å². The van der Waals surface area contributed by atoms with Crippen LogP contribution in [0.2, 0.25) is 6.55 Å². The highest BCUT2D eigenvalue weighted by molar-refractivity contribution is 6.72. The van der Waals surface area contributed by atoms with Crippen LogP contribution in [0.5, 0.6) is 0 Å². The molecule has 136 valence electrons. The Morgan fingerprint density at radius 2 is 0.957 bits per heavy atom. The van der Waals surface area contributed by atoms with Gasteiger partial charge in [-0.25, -0.2) is 9.59 Å². The van der Waals surface area contributed by atoms with Gasteiger partial charge in [-0.2, -0.15) is 48.3 Å². The van der Waals surface area contributed by atoms with E-state index in [1.165, 1.54) is 0 Å². The lowest BCUT2D eigenvalue weighted by Gasteiger charge is -2.33. The molecule has 0 saturated heterocycles. The first kappa shape index (κ1) is 21.4. The molecule has 16 heteroatoms. The minimum absolute atomic E-state index is 0.645. The molecule has 0 amide bonds. The first-order valence-electron chi connectivity index (χ1n) is 4.80. The molecule has 0 saturated carbocycles. The molecule has 0 rings (SSSR count). The molecule has 0 aliphatic rings. The Bertz CT molecular complexity index is 448. The second-order valence-electron chi connectivity index (χ2n) is 3.79. The lowest BCUT2D eigenvalue weighted by atomic mass is 10.7.